The summed E-state index contributed by atoms with van der Waals surface area (Å²) in [6.45, 7) is 0. The van der Waals surface area contributed by atoms with Gasteiger partial charge in [-0.2, -0.15) is 0 Å². The summed E-state index contributed by atoms with van der Waals surface area (Å²) in [5.74, 6) is -2.05. The molecule has 0 atom stereocenters. The molecule has 0 radical (unpaired) electrons. The van der Waals surface area contributed by atoms with Crippen LogP contribution in [0.4, 0.5) is 15.8 Å². The Kier molecular flexibility index (Phi) is 7.34. The van der Waals surface area contributed by atoms with Gasteiger partial charge in [-0.1, -0.05) is 39.7 Å². The summed E-state index contributed by atoms with van der Waals surface area (Å²) in [5, 5.41) is 16.0. The number of nitro groups is 1. The fourth-order valence-corrected chi connectivity index (χ4v) is 3.17. The van der Waals surface area contributed by atoms with Gasteiger partial charge in [0.15, 0.2) is 0 Å². The Hall–Kier alpha value is -3.56. The number of non-ortho nitro benzene ring substituents is 1. The summed E-state index contributed by atoms with van der Waals surface area (Å²) in [6.07, 6.45) is 1.29. The van der Waals surface area contributed by atoms with Crippen molar-refractivity contribution in [2.24, 2.45) is 0 Å². The third kappa shape index (κ3) is 5.99. The quantitative estimate of drug-likeness (QED) is 0.253. The highest BCUT2D eigenvalue weighted by Crippen LogP contribution is 2.20. The van der Waals surface area contributed by atoms with Crippen molar-refractivity contribution >= 4 is 56.8 Å². The van der Waals surface area contributed by atoms with E-state index in [4.69, 9.17) is 11.6 Å². The summed E-state index contributed by atoms with van der Waals surface area (Å²) in [6, 6.07) is 15.5. The van der Waals surface area contributed by atoms with E-state index < -0.39 is 22.6 Å². The van der Waals surface area contributed by atoms with Gasteiger partial charge in [0.2, 0.25) is 0 Å². The predicted octanol–water partition coefficient (Wildman–Crippen LogP) is 5.56. The number of nitro benzene ring substituents is 1. The topological polar surface area (TPSA) is 101 Å². The van der Waals surface area contributed by atoms with Crippen LogP contribution in [0.5, 0.6) is 0 Å². The largest absolute Gasteiger partial charge is 0.321 e. The van der Waals surface area contributed by atoms with Gasteiger partial charge in [-0.25, -0.2) is 4.39 Å². The highest BCUT2D eigenvalue weighted by Gasteiger charge is 2.18. The summed E-state index contributed by atoms with van der Waals surface area (Å²) in [7, 11) is 0. The molecule has 7 nitrogen and oxygen atoms in total. The number of nitrogens with one attached hydrogen (secondary N) is 2. The van der Waals surface area contributed by atoms with Crippen molar-refractivity contribution in [1.82, 2.24) is 5.32 Å². The molecule has 2 amide bonds. The molecule has 3 aromatic carbocycles. The van der Waals surface area contributed by atoms with E-state index in [-0.39, 0.29) is 22.0 Å². The Morgan fingerprint density at radius 2 is 1.78 bits per heavy atom. The molecule has 0 bridgehead atoms. The summed E-state index contributed by atoms with van der Waals surface area (Å²) in [5.41, 5.74) is 0.343. The van der Waals surface area contributed by atoms with Crippen LogP contribution in [0.25, 0.3) is 6.08 Å². The van der Waals surface area contributed by atoms with E-state index in [1.807, 2.05) is 0 Å². The Morgan fingerprint density at radius 1 is 1.06 bits per heavy atom. The molecule has 0 heterocycles. The van der Waals surface area contributed by atoms with E-state index in [1.54, 1.807) is 24.3 Å². The van der Waals surface area contributed by atoms with Crippen molar-refractivity contribution in [3.8, 4) is 0 Å². The zero-order valence-electron chi connectivity index (χ0n) is 16.1. The van der Waals surface area contributed by atoms with Gasteiger partial charge in [0, 0.05) is 22.3 Å². The molecule has 3 aromatic rings. The van der Waals surface area contributed by atoms with E-state index >= 15 is 0 Å². The number of nitrogens with zero attached hydrogens (tertiary/aromatic N) is 1. The first-order valence-corrected chi connectivity index (χ1v) is 10.2. The number of carbonyl (C=O) groups excluding carboxylic acids is 2. The van der Waals surface area contributed by atoms with Crippen LogP contribution in [0.15, 0.2) is 76.9 Å². The van der Waals surface area contributed by atoms with Crippen LogP contribution in [-0.2, 0) is 4.79 Å². The third-order valence-electron chi connectivity index (χ3n) is 4.16. The second kappa shape index (κ2) is 10.2. The lowest BCUT2D eigenvalue weighted by atomic mass is 10.1. The van der Waals surface area contributed by atoms with Crippen LogP contribution in [0, 0.1) is 15.9 Å². The Labute approximate surface area is 195 Å². The van der Waals surface area contributed by atoms with E-state index in [0.717, 1.165) is 16.6 Å². The molecule has 0 spiro atoms. The molecule has 0 saturated carbocycles. The number of hydrogen-bond acceptors (Lipinski definition) is 4. The average molecular weight is 519 g/mol. The van der Waals surface area contributed by atoms with Crippen molar-refractivity contribution in [2.75, 3.05) is 5.32 Å². The molecule has 32 heavy (non-hydrogen) atoms. The van der Waals surface area contributed by atoms with E-state index in [2.05, 4.69) is 26.6 Å². The minimum absolute atomic E-state index is 0.0468. The molecule has 0 aromatic heterocycles. The van der Waals surface area contributed by atoms with Gasteiger partial charge >= 0.3 is 0 Å². The number of carbonyl (C=O) groups is 2. The van der Waals surface area contributed by atoms with Crippen molar-refractivity contribution < 1.29 is 18.9 Å². The number of rotatable bonds is 6. The van der Waals surface area contributed by atoms with Crippen LogP contribution in [-0.4, -0.2) is 16.7 Å². The zero-order chi connectivity index (χ0) is 23.3. The van der Waals surface area contributed by atoms with Gasteiger partial charge in [-0.05, 0) is 54.1 Å². The first kappa shape index (κ1) is 23.1. The summed E-state index contributed by atoms with van der Waals surface area (Å²) < 4.78 is 14.1. The van der Waals surface area contributed by atoms with E-state index in [1.165, 1.54) is 36.4 Å². The van der Waals surface area contributed by atoms with Crippen LogP contribution < -0.4 is 10.6 Å². The highest BCUT2D eigenvalue weighted by atomic mass is 79.9. The Morgan fingerprint density at radius 3 is 2.44 bits per heavy atom. The molecule has 162 valence electrons. The SMILES string of the molecule is O=C(Nc1ccc(Br)cc1)C(=Cc1cccc([N+](=O)[O-])c1)NC(=O)c1ccc(F)cc1Cl. The third-order valence-corrected chi connectivity index (χ3v) is 5.00. The van der Waals surface area contributed by atoms with Gasteiger partial charge in [0.05, 0.1) is 15.5 Å². The minimum atomic E-state index is -0.752. The highest BCUT2D eigenvalue weighted by molar-refractivity contribution is 9.10. The first-order chi connectivity index (χ1) is 15.2. The number of amides is 2. The van der Waals surface area contributed by atoms with Gasteiger partial charge < -0.3 is 10.6 Å². The molecular formula is C22H14BrClFN3O4. The summed E-state index contributed by atoms with van der Waals surface area (Å²) in [4.78, 5) is 36.1. The molecule has 0 saturated heterocycles. The normalized spacial score (nSPS) is 11.0. The second-order valence-electron chi connectivity index (χ2n) is 6.45. The number of anilines is 1. The number of halogens is 3. The molecule has 0 unspecified atom stereocenters. The fraction of sp³-hybridized carbons (Fsp3) is 0. The second-order valence-corrected chi connectivity index (χ2v) is 7.77. The lowest BCUT2D eigenvalue weighted by Gasteiger charge is -2.12. The van der Waals surface area contributed by atoms with Crippen molar-refractivity contribution in [3.63, 3.8) is 0 Å². The van der Waals surface area contributed by atoms with Gasteiger partial charge in [0.1, 0.15) is 11.5 Å². The smallest absolute Gasteiger partial charge is 0.272 e. The van der Waals surface area contributed by atoms with Crippen LogP contribution in [0.1, 0.15) is 15.9 Å². The fourth-order valence-electron chi connectivity index (χ4n) is 2.65. The molecule has 0 aliphatic heterocycles. The molecule has 2 N–H and O–H groups in total. The summed E-state index contributed by atoms with van der Waals surface area (Å²) >= 11 is 9.25. The molecule has 0 aliphatic rings. The molecule has 0 aliphatic carbocycles. The van der Waals surface area contributed by atoms with Crippen LogP contribution >= 0.6 is 27.5 Å². The monoisotopic (exact) mass is 517 g/mol. The minimum Gasteiger partial charge on any atom is -0.321 e. The number of hydrogen-bond donors (Lipinski definition) is 2. The zero-order valence-corrected chi connectivity index (χ0v) is 18.5. The van der Waals surface area contributed by atoms with Crippen LogP contribution in [0.3, 0.4) is 0 Å². The van der Waals surface area contributed by atoms with Gasteiger partial charge in [-0.3, -0.25) is 19.7 Å². The lowest BCUT2D eigenvalue weighted by Crippen LogP contribution is -2.31. The average Bonchev–Trinajstić information content (AvgIpc) is 2.75. The standard InChI is InChI=1S/C22H14BrClFN3O4/c23-14-4-7-16(8-5-14)26-22(30)20(11-13-2-1-3-17(10-13)28(31)32)27-21(29)18-9-6-15(25)12-19(18)24/h1-12H,(H,26,30)(H,27,29). The first-order valence-electron chi connectivity index (χ1n) is 9.02. The lowest BCUT2D eigenvalue weighted by molar-refractivity contribution is -0.384. The Balaban J connectivity index is 1.95. The van der Waals surface area contributed by atoms with Gasteiger partial charge in [-0.15, -0.1) is 0 Å². The maximum absolute atomic E-state index is 13.3. The number of benzene rings is 3. The molecule has 10 heteroatoms. The molecule has 3 rings (SSSR count). The van der Waals surface area contributed by atoms with Crippen molar-refractivity contribution in [2.45, 2.75) is 0 Å². The van der Waals surface area contributed by atoms with Crippen molar-refractivity contribution in [3.05, 3.63) is 109 Å². The van der Waals surface area contributed by atoms with Gasteiger partial charge in [0.25, 0.3) is 17.5 Å². The maximum atomic E-state index is 13.3. The predicted molar refractivity (Wildman–Crippen MR) is 123 cm³/mol. The van der Waals surface area contributed by atoms with Crippen molar-refractivity contribution in [1.29, 1.82) is 0 Å². The van der Waals surface area contributed by atoms with E-state index in [0.29, 0.717) is 11.3 Å². The van der Waals surface area contributed by atoms with E-state index in [9.17, 15) is 24.1 Å². The maximum Gasteiger partial charge on any atom is 0.272 e. The molecule has 0 fully saturated rings. The molecular weight excluding hydrogens is 505 g/mol. The Bertz CT molecular complexity index is 1230. The van der Waals surface area contributed by atoms with Crippen LogP contribution in [0.2, 0.25) is 5.02 Å².